The van der Waals surface area contributed by atoms with Gasteiger partial charge in [-0.25, -0.2) is 0 Å². The molecule has 132 valence electrons. The van der Waals surface area contributed by atoms with Crippen molar-refractivity contribution in [3.05, 3.63) is 90.0 Å². The van der Waals surface area contributed by atoms with E-state index in [4.69, 9.17) is 5.73 Å². The third-order valence-corrected chi connectivity index (χ3v) is 4.59. The Kier molecular flexibility index (Phi) is 4.38. The van der Waals surface area contributed by atoms with Gasteiger partial charge in [-0.15, -0.1) is 0 Å². The lowest BCUT2D eigenvalue weighted by atomic mass is 10.0. The molecule has 2 heterocycles. The number of ketones is 1. The minimum atomic E-state index is 0.0676. The summed E-state index contributed by atoms with van der Waals surface area (Å²) in [6.45, 7) is 2.01. The smallest absolute Gasteiger partial charge is 0.168 e. The van der Waals surface area contributed by atoms with Gasteiger partial charge in [0.15, 0.2) is 5.78 Å². The van der Waals surface area contributed by atoms with Crippen LogP contribution in [-0.2, 0) is 6.42 Å². The molecule has 0 bridgehead atoms. The number of nitrogen functional groups attached to an aromatic ring is 1. The number of carbonyl (C=O) groups is 1. The molecule has 0 aliphatic rings. The summed E-state index contributed by atoms with van der Waals surface area (Å²) in [5.41, 5.74) is 11.1. The zero-order valence-corrected chi connectivity index (χ0v) is 15.0. The van der Waals surface area contributed by atoms with Crippen molar-refractivity contribution in [1.29, 1.82) is 0 Å². The lowest BCUT2D eigenvalue weighted by molar-refractivity contribution is 0.0992. The first kappa shape index (κ1) is 16.9. The van der Waals surface area contributed by atoms with E-state index in [1.165, 1.54) is 0 Å². The molecular weight excluding hydrogens is 334 g/mol. The highest BCUT2D eigenvalue weighted by molar-refractivity contribution is 5.98. The topological polar surface area (TPSA) is 68.9 Å². The summed E-state index contributed by atoms with van der Waals surface area (Å²) in [5.74, 6) is 0.0676. The lowest BCUT2D eigenvalue weighted by Crippen LogP contribution is -2.05. The molecular formula is C23H19N3O. The van der Waals surface area contributed by atoms with Gasteiger partial charge in [0.2, 0.25) is 0 Å². The van der Waals surface area contributed by atoms with Gasteiger partial charge in [0.1, 0.15) is 0 Å². The second-order valence-electron chi connectivity index (χ2n) is 6.71. The maximum Gasteiger partial charge on any atom is 0.168 e. The van der Waals surface area contributed by atoms with Gasteiger partial charge in [0.05, 0.1) is 12.1 Å². The fourth-order valence-electron chi connectivity index (χ4n) is 3.08. The molecule has 0 aliphatic carbocycles. The normalized spacial score (nSPS) is 10.9. The number of Topliss-reactive ketones (excluding diaryl/α,β-unsaturated/α-hetero) is 1. The number of pyridine rings is 2. The predicted octanol–water partition coefficient (Wildman–Crippen LogP) is 4.61. The van der Waals surface area contributed by atoms with Crippen molar-refractivity contribution in [3.63, 3.8) is 0 Å². The van der Waals surface area contributed by atoms with Crippen molar-refractivity contribution < 1.29 is 4.79 Å². The van der Waals surface area contributed by atoms with Gasteiger partial charge in [-0.1, -0.05) is 42.0 Å². The van der Waals surface area contributed by atoms with Crippen LogP contribution in [0.2, 0.25) is 0 Å². The molecule has 0 saturated heterocycles. The molecule has 4 rings (SSSR count). The molecule has 4 nitrogen and oxygen atoms in total. The van der Waals surface area contributed by atoms with Gasteiger partial charge in [-0.3, -0.25) is 14.8 Å². The van der Waals surface area contributed by atoms with E-state index in [-0.39, 0.29) is 12.2 Å². The fourth-order valence-corrected chi connectivity index (χ4v) is 3.08. The first-order valence-corrected chi connectivity index (χ1v) is 8.78. The van der Waals surface area contributed by atoms with E-state index < -0.39 is 0 Å². The predicted molar refractivity (Wildman–Crippen MR) is 109 cm³/mol. The first-order valence-electron chi connectivity index (χ1n) is 8.78. The second-order valence-corrected chi connectivity index (χ2v) is 6.71. The quantitative estimate of drug-likeness (QED) is 0.544. The Morgan fingerprint density at radius 1 is 0.889 bits per heavy atom. The summed E-state index contributed by atoms with van der Waals surface area (Å²) < 4.78 is 0. The highest BCUT2D eigenvalue weighted by Crippen LogP contribution is 2.25. The molecule has 0 atom stereocenters. The van der Waals surface area contributed by atoms with Crippen LogP contribution in [0.15, 0.2) is 73.2 Å². The van der Waals surface area contributed by atoms with Crippen LogP contribution in [0, 0.1) is 6.92 Å². The number of fused-ring (bicyclic) bond motifs is 1. The SMILES string of the molecule is Cc1ccc(C(=O)Cc2cc3cc(-c4cncc(N)c4)ccc3cn2)cc1. The average molecular weight is 353 g/mol. The van der Waals surface area contributed by atoms with E-state index in [2.05, 4.69) is 16.0 Å². The zero-order chi connectivity index (χ0) is 18.8. The molecule has 0 spiro atoms. The summed E-state index contributed by atoms with van der Waals surface area (Å²) in [4.78, 5) is 21.1. The standard InChI is InChI=1S/C23H19N3O/c1-15-2-4-16(5-3-15)23(27)11-22-10-19-8-17(6-7-18(19)13-26-22)20-9-21(24)14-25-12-20/h2-10,12-14H,11,24H2,1H3. The number of carbonyl (C=O) groups excluding carboxylic acids is 1. The number of hydrogen-bond donors (Lipinski definition) is 1. The van der Waals surface area contributed by atoms with Crippen LogP contribution in [0.4, 0.5) is 5.69 Å². The molecule has 0 fully saturated rings. The Hall–Kier alpha value is -3.53. The van der Waals surface area contributed by atoms with Crippen molar-refractivity contribution in [3.8, 4) is 11.1 Å². The Labute approximate surface area is 157 Å². The van der Waals surface area contributed by atoms with E-state index in [9.17, 15) is 4.79 Å². The van der Waals surface area contributed by atoms with Crippen LogP contribution >= 0.6 is 0 Å². The van der Waals surface area contributed by atoms with E-state index in [1.54, 1.807) is 12.4 Å². The summed E-state index contributed by atoms with van der Waals surface area (Å²) in [7, 11) is 0. The van der Waals surface area contributed by atoms with Crippen LogP contribution in [0.25, 0.3) is 21.9 Å². The molecule has 4 heteroatoms. The molecule has 0 radical (unpaired) electrons. The highest BCUT2D eigenvalue weighted by Gasteiger charge is 2.09. The largest absolute Gasteiger partial charge is 0.397 e. The van der Waals surface area contributed by atoms with Crippen molar-refractivity contribution in [2.24, 2.45) is 0 Å². The summed E-state index contributed by atoms with van der Waals surface area (Å²) in [6, 6.07) is 17.6. The minimum Gasteiger partial charge on any atom is -0.397 e. The first-order chi connectivity index (χ1) is 13.1. The summed E-state index contributed by atoms with van der Waals surface area (Å²) in [5, 5.41) is 2.07. The van der Waals surface area contributed by atoms with Gasteiger partial charge in [-0.05, 0) is 36.1 Å². The number of nitrogens with zero attached hydrogens (tertiary/aromatic N) is 2. The van der Waals surface area contributed by atoms with Crippen molar-refractivity contribution in [2.45, 2.75) is 13.3 Å². The molecule has 2 aromatic carbocycles. The number of rotatable bonds is 4. The number of benzene rings is 2. The number of anilines is 1. The average Bonchev–Trinajstić information content (AvgIpc) is 2.68. The van der Waals surface area contributed by atoms with E-state index in [0.717, 1.165) is 33.2 Å². The number of aryl methyl sites for hydroxylation is 1. The van der Waals surface area contributed by atoms with E-state index >= 15 is 0 Å². The van der Waals surface area contributed by atoms with Crippen LogP contribution in [-0.4, -0.2) is 15.8 Å². The van der Waals surface area contributed by atoms with Crippen molar-refractivity contribution in [2.75, 3.05) is 5.73 Å². The summed E-state index contributed by atoms with van der Waals surface area (Å²) in [6.07, 6.45) is 5.52. The van der Waals surface area contributed by atoms with Crippen LogP contribution in [0.3, 0.4) is 0 Å². The Morgan fingerprint density at radius 2 is 1.70 bits per heavy atom. The fraction of sp³-hybridized carbons (Fsp3) is 0.0870. The molecule has 2 aromatic heterocycles. The van der Waals surface area contributed by atoms with Gasteiger partial charge in [0, 0.05) is 40.8 Å². The van der Waals surface area contributed by atoms with Crippen LogP contribution < -0.4 is 5.73 Å². The maximum absolute atomic E-state index is 12.5. The number of aromatic nitrogens is 2. The number of hydrogen-bond acceptors (Lipinski definition) is 4. The van der Waals surface area contributed by atoms with Crippen LogP contribution in [0.5, 0.6) is 0 Å². The van der Waals surface area contributed by atoms with E-state index in [1.807, 2.05) is 61.7 Å². The Balaban J connectivity index is 1.64. The Morgan fingerprint density at radius 3 is 2.48 bits per heavy atom. The van der Waals surface area contributed by atoms with Crippen LogP contribution in [0.1, 0.15) is 21.6 Å². The van der Waals surface area contributed by atoms with Gasteiger partial charge in [0.25, 0.3) is 0 Å². The van der Waals surface area contributed by atoms with Gasteiger partial charge >= 0.3 is 0 Å². The minimum absolute atomic E-state index is 0.0676. The highest BCUT2D eigenvalue weighted by atomic mass is 16.1. The molecule has 27 heavy (non-hydrogen) atoms. The lowest BCUT2D eigenvalue weighted by Gasteiger charge is -2.07. The molecule has 0 unspecified atom stereocenters. The third-order valence-electron chi connectivity index (χ3n) is 4.59. The number of nitrogens with two attached hydrogens (primary N) is 1. The van der Waals surface area contributed by atoms with Gasteiger partial charge < -0.3 is 5.73 Å². The van der Waals surface area contributed by atoms with Gasteiger partial charge in [-0.2, -0.15) is 0 Å². The van der Waals surface area contributed by atoms with E-state index in [0.29, 0.717) is 11.3 Å². The third kappa shape index (κ3) is 3.70. The zero-order valence-electron chi connectivity index (χ0n) is 15.0. The molecule has 0 saturated carbocycles. The molecule has 4 aromatic rings. The van der Waals surface area contributed by atoms with Crippen molar-refractivity contribution >= 4 is 22.2 Å². The molecule has 2 N–H and O–H groups in total. The monoisotopic (exact) mass is 353 g/mol. The molecule has 0 amide bonds. The molecule has 0 aliphatic heterocycles. The maximum atomic E-state index is 12.5. The van der Waals surface area contributed by atoms with Crippen molar-refractivity contribution in [1.82, 2.24) is 9.97 Å². The summed E-state index contributed by atoms with van der Waals surface area (Å²) >= 11 is 0. The Bertz CT molecular complexity index is 1130. The second kappa shape index (κ2) is 7.00.